The van der Waals surface area contributed by atoms with Crippen molar-refractivity contribution >= 4 is 5.97 Å². The second-order valence-electron chi connectivity index (χ2n) is 4.81. The fraction of sp³-hybridized carbons (Fsp3) is 0.909. The molecular formula is C11H22O3. The molecule has 0 heterocycles. The van der Waals surface area contributed by atoms with E-state index in [1.54, 1.807) is 0 Å². The molecule has 0 spiro atoms. The summed E-state index contributed by atoms with van der Waals surface area (Å²) in [5, 5.41) is 0. The van der Waals surface area contributed by atoms with Crippen LogP contribution in [0.25, 0.3) is 0 Å². The minimum absolute atomic E-state index is 0.193. The van der Waals surface area contributed by atoms with Crippen LogP contribution in [0.2, 0.25) is 0 Å². The molecule has 0 saturated heterocycles. The molecule has 3 heteroatoms. The van der Waals surface area contributed by atoms with Gasteiger partial charge in [-0.25, -0.2) is 0 Å². The molecule has 14 heavy (non-hydrogen) atoms. The Labute approximate surface area is 86.8 Å². The van der Waals surface area contributed by atoms with Gasteiger partial charge in [0.2, 0.25) is 0 Å². The maximum absolute atomic E-state index is 11.2. The average molecular weight is 202 g/mol. The van der Waals surface area contributed by atoms with Crippen LogP contribution < -0.4 is 0 Å². The first-order valence-corrected chi connectivity index (χ1v) is 5.11. The van der Waals surface area contributed by atoms with Crippen LogP contribution in [0, 0.1) is 5.92 Å². The molecule has 84 valence electrons. The van der Waals surface area contributed by atoms with Gasteiger partial charge in [0.15, 0.2) is 0 Å². The molecule has 0 amide bonds. The summed E-state index contributed by atoms with van der Waals surface area (Å²) < 4.78 is 10.4. The second-order valence-corrected chi connectivity index (χ2v) is 4.81. The molecular weight excluding hydrogens is 180 g/mol. The molecule has 3 nitrogen and oxygen atoms in total. The highest BCUT2D eigenvalue weighted by atomic mass is 16.6. The first-order valence-electron chi connectivity index (χ1n) is 5.11. The minimum Gasteiger partial charge on any atom is -0.460 e. The molecule has 0 fully saturated rings. The third kappa shape index (κ3) is 9.52. The van der Waals surface area contributed by atoms with Crippen LogP contribution in [-0.2, 0) is 14.3 Å². The Morgan fingerprint density at radius 1 is 1.29 bits per heavy atom. The van der Waals surface area contributed by atoms with Crippen molar-refractivity contribution in [2.24, 2.45) is 5.92 Å². The van der Waals surface area contributed by atoms with Gasteiger partial charge < -0.3 is 9.47 Å². The lowest BCUT2D eigenvalue weighted by molar-refractivity contribution is -0.156. The van der Waals surface area contributed by atoms with Crippen molar-refractivity contribution in [2.45, 2.75) is 46.6 Å². The molecule has 0 saturated carbocycles. The van der Waals surface area contributed by atoms with Crippen LogP contribution in [0.4, 0.5) is 0 Å². The first kappa shape index (κ1) is 13.4. The number of esters is 1. The Morgan fingerprint density at radius 2 is 1.86 bits per heavy atom. The van der Waals surface area contributed by atoms with Crippen molar-refractivity contribution in [1.82, 2.24) is 0 Å². The summed E-state index contributed by atoms with van der Waals surface area (Å²) in [5.74, 6) is 0.315. The Bertz CT molecular complexity index is 168. The Balaban J connectivity index is 3.46. The molecule has 0 N–H and O–H groups in total. The van der Waals surface area contributed by atoms with Gasteiger partial charge in [0.05, 0.1) is 13.0 Å². The normalized spacial score (nSPS) is 11.9. The van der Waals surface area contributed by atoms with Crippen LogP contribution in [0.3, 0.4) is 0 Å². The summed E-state index contributed by atoms with van der Waals surface area (Å²) in [6.07, 6.45) is 0.337. The van der Waals surface area contributed by atoms with Crippen molar-refractivity contribution in [1.29, 1.82) is 0 Å². The topological polar surface area (TPSA) is 35.5 Å². The van der Waals surface area contributed by atoms with E-state index in [4.69, 9.17) is 9.47 Å². The lowest BCUT2D eigenvalue weighted by Crippen LogP contribution is -2.24. The van der Waals surface area contributed by atoms with Crippen LogP contribution in [0.15, 0.2) is 0 Å². The maximum atomic E-state index is 11.2. The number of hydrogen-bond donors (Lipinski definition) is 0. The second kappa shape index (κ2) is 6.02. The summed E-state index contributed by atoms with van der Waals surface area (Å²) in [6.45, 7) is 10.9. The molecule has 0 atom stereocenters. The van der Waals surface area contributed by atoms with Gasteiger partial charge >= 0.3 is 5.97 Å². The molecule has 0 aromatic rings. The molecule has 0 aromatic heterocycles. The third-order valence-electron chi connectivity index (χ3n) is 1.32. The SMILES string of the molecule is CC(C)COCCC(=O)OC(C)(C)C. The number of hydrogen-bond acceptors (Lipinski definition) is 3. The zero-order chi connectivity index (χ0) is 11.2. The van der Waals surface area contributed by atoms with Crippen LogP contribution >= 0.6 is 0 Å². The van der Waals surface area contributed by atoms with Gasteiger partial charge in [0.25, 0.3) is 0 Å². The van der Waals surface area contributed by atoms with E-state index in [-0.39, 0.29) is 5.97 Å². The van der Waals surface area contributed by atoms with E-state index in [0.717, 1.165) is 0 Å². The number of carbonyl (C=O) groups excluding carboxylic acids is 1. The van der Waals surface area contributed by atoms with E-state index in [0.29, 0.717) is 25.6 Å². The quantitative estimate of drug-likeness (QED) is 0.507. The monoisotopic (exact) mass is 202 g/mol. The van der Waals surface area contributed by atoms with E-state index in [1.165, 1.54) is 0 Å². The van der Waals surface area contributed by atoms with E-state index in [9.17, 15) is 4.79 Å². The summed E-state index contributed by atoms with van der Waals surface area (Å²) in [6, 6.07) is 0. The van der Waals surface area contributed by atoms with Crippen LogP contribution in [0.5, 0.6) is 0 Å². The van der Waals surface area contributed by atoms with Crippen molar-refractivity contribution in [3.05, 3.63) is 0 Å². The molecule has 0 aliphatic carbocycles. The summed E-state index contributed by atoms with van der Waals surface area (Å²) in [4.78, 5) is 11.2. The number of ether oxygens (including phenoxy) is 2. The van der Waals surface area contributed by atoms with Crippen molar-refractivity contribution in [3.63, 3.8) is 0 Å². The minimum atomic E-state index is -0.394. The first-order chi connectivity index (χ1) is 6.31. The smallest absolute Gasteiger partial charge is 0.308 e. The Hall–Kier alpha value is -0.570. The summed E-state index contributed by atoms with van der Waals surface area (Å²) in [5.41, 5.74) is -0.394. The largest absolute Gasteiger partial charge is 0.460 e. The van der Waals surface area contributed by atoms with E-state index in [2.05, 4.69) is 13.8 Å². The standard InChI is InChI=1S/C11H22O3/c1-9(2)8-13-7-6-10(12)14-11(3,4)5/h9H,6-8H2,1-5H3. The van der Waals surface area contributed by atoms with Gasteiger partial charge in [-0.1, -0.05) is 13.8 Å². The fourth-order valence-corrected chi connectivity index (χ4v) is 0.867. The van der Waals surface area contributed by atoms with Gasteiger partial charge in [-0.05, 0) is 26.7 Å². The van der Waals surface area contributed by atoms with Crippen molar-refractivity contribution < 1.29 is 14.3 Å². The maximum Gasteiger partial charge on any atom is 0.308 e. The molecule has 0 aromatic carbocycles. The zero-order valence-electron chi connectivity index (χ0n) is 9.92. The Kier molecular flexibility index (Phi) is 5.77. The third-order valence-corrected chi connectivity index (χ3v) is 1.32. The van der Waals surface area contributed by atoms with Gasteiger partial charge in [-0.3, -0.25) is 4.79 Å². The average Bonchev–Trinajstić information content (AvgIpc) is 1.94. The molecule has 0 rings (SSSR count). The van der Waals surface area contributed by atoms with E-state index in [1.807, 2.05) is 20.8 Å². The van der Waals surface area contributed by atoms with Crippen molar-refractivity contribution in [2.75, 3.05) is 13.2 Å². The highest BCUT2D eigenvalue weighted by Crippen LogP contribution is 2.08. The summed E-state index contributed by atoms with van der Waals surface area (Å²) in [7, 11) is 0. The van der Waals surface area contributed by atoms with Gasteiger partial charge in [0.1, 0.15) is 5.60 Å². The molecule has 0 radical (unpaired) electrons. The lowest BCUT2D eigenvalue weighted by atomic mass is 10.2. The lowest BCUT2D eigenvalue weighted by Gasteiger charge is -2.19. The van der Waals surface area contributed by atoms with Crippen LogP contribution in [0.1, 0.15) is 41.0 Å². The number of carbonyl (C=O) groups is 1. The van der Waals surface area contributed by atoms with Crippen LogP contribution in [-0.4, -0.2) is 24.8 Å². The molecule has 0 bridgehead atoms. The number of rotatable bonds is 5. The van der Waals surface area contributed by atoms with E-state index >= 15 is 0 Å². The molecule has 0 aliphatic rings. The van der Waals surface area contributed by atoms with Gasteiger partial charge in [-0.15, -0.1) is 0 Å². The molecule has 0 aliphatic heterocycles. The predicted octanol–water partition coefficient (Wildman–Crippen LogP) is 2.39. The predicted molar refractivity (Wildman–Crippen MR) is 56.1 cm³/mol. The highest BCUT2D eigenvalue weighted by molar-refractivity contribution is 5.69. The Morgan fingerprint density at radius 3 is 2.29 bits per heavy atom. The zero-order valence-corrected chi connectivity index (χ0v) is 9.92. The van der Waals surface area contributed by atoms with Gasteiger partial charge in [-0.2, -0.15) is 0 Å². The van der Waals surface area contributed by atoms with Gasteiger partial charge in [0, 0.05) is 6.61 Å². The van der Waals surface area contributed by atoms with E-state index < -0.39 is 5.60 Å². The highest BCUT2D eigenvalue weighted by Gasteiger charge is 2.15. The summed E-state index contributed by atoms with van der Waals surface area (Å²) >= 11 is 0. The van der Waals surface area contributed by atoms with Crippen molar-refractivity contribution in [3.8, 4) is 0 Å². The fourth-order valence-electron chi connectivity index (χ4n) is 0.867. The molecule has 0 unspecified atom stereocenters.